The van der Waals surface area contributed by atoms with Gasteiger partial charge in [-0.05, 0) is 23.3 Å². The predicted octanol–water partition coefficient (Wildman–Crippen LogP) is 3.73. The number of rotatable bonds is 2. The van der Waals surface area contributed by atoms with Crippen LogP contribution >= 0.6 is 0 Å². The Bertz CT molecular complexity index is 621. The van der Waals surface area contributed by atoms with E-state index in [-0.39, 0.29) is 11.1 Å². The quantitative estimate of drug-likeness (QED) is 0.891. The van der Waals surface area contributed by atoms with Crippen LogP contribution in [0.5, 0.6) is 0 Å². The van der Waals surface area contributed by atoms with E-state index in [1.807, 2.05) is 0 Å². The van der Waals surface area contributed by atoms with E-state index in [2.05, 4.69) is 5.32 Å². The van der Waals surface area contributed by atoms with Crippen LogP contribution < -0.4 is 5.32 Å². The molecule has 2 aromatic carbocycles. The van der Waals surface area contributed by atoms with Crippen molar-refractivity contribution in [2.24, 2.45) is 0 Å². The molecule has 104 valence electrons. The van der Waals surface area contributed by atoms with Crippen LogP contribution in [0.15, 0.2) is 48.5 Å². The lowest BCUT2D eigenvalue weighted by molar-refractivity contribution is -0.137. The van der Waals surface area contributed by atoms with Crippen LogP contribution in [0.25, 0.3) is 11.1 Å². The Balaban J connectivity index is 2.61. The van der Waals surface area contributed by atoms with Crippen LogP contribution in [0.1, 0.15) is 15.9 Å². The number of amides is 1. The first kappa shape index (κ1) is 14.1. The van der Waals surface area contributed by atoms with Crippen molar-refractivity contribution in [3.63, 3.8) is 0 Å². The van der Waals surface area contributed by atoms with Crippen molar-refractivity contribution in [2.75, 3.05) is 7.05 Å². The summed E-state index contributed by atoms with van der Waals surface area (Å²) in [7, 11) is 1.38. The van der Waals surface area contributed by atoms with E-state index in [0.29, 0.717) is 5.56 Å². The minimum Gasteiger partial charge on any atom is -0.355 e. The topological polar surface area (TPSA) is 29.1 Å². The van der Waals surface area contributed by atoms with Gasteiger partial charge in [-0.2, -0.15) is 13.2 Å². The first-order chi connectivity index (χ1) is 9.43. The molecule has 0 radical (unpaired) electrons. The van der Waals surface area contributed by atoms with Crippen LogP contribution in [-0.4, -0.2) is 13.0 Å². The molecule has 1 N–H and O–H groups in total. The normalized spacial score (nSPS) is 11.2. The Morgan fingerprint density at radius 1 is 1.05 bits per heavy atom. The number of alkyl halides is 3. The third-order valence-electron chi connectivity index (χ3n) is 2.90. The fraction of sp³-hybridized carbons (Fsp3) is 0.133. The number of hydrogen-bond acceptors (Lipinski definition) is 1. The van der Waals surface area contributed by atoms with E-state index in [4.69, 9.17) is 0 Å². The highest BCUT2D eigenvalue weighted by atomic mass is 19.4. The highest BCUT2D eigenvalue weighted by Gasteiger charge is 2.34. The molecule has 0 spiro atoms. The maximum Gasteiger partial charge on any atom is 0.417 e. The fourth-order valence-corrected chi connectivity index (χ4v) is 1.93. The van der Waals surface area contributed by atoms with Crippen LogP contribution in [0.3, 0.4) is 0 Å². The second-order valence-electron chi connectivity index (χ2n) is 4.20. The summed E-state index contributed by atoms with van der Waals surface area (Å²) in [4.78, 5) is 11.5. The van der Waals surface area contributed by atoms with E-state index in [1.54, 1.807) is 30.3 Å². The molecule has 2 aromatic rings. The van der Waals surface area contributed by atoms with Crippen molar-refractivity contribution in [1.29, 1.82) is 0 Å². The molecule has 0 saturated carbocycles. The Morgan fingerprint density at radius 3 is 2.25 bits per heavy atom. The fourth-order valence-electron chi connectivity index (χ4n) is 1.93. The van der Waals surface area contributed by atoms with Gasteiger partial charge < -0.3 is 5.32 Å². The average molecular weight is 279 g/mol. The Kier molecular flexibility index (Phi) is 3.79. The summed E-state index contributed by atoms with van der Waals surface area (Å²) in [6, 6.07) is 11.9. The largest absolute Gasteiger partial charge is 0.417 e. The number of hydrogen-bond donors (Lipinski definition) is 1. The summed E-state index contributed by atoms with van der Waals surface area (Å²) in [5.41, 5.74) is -0.307. The summed E-state index contributed by atoms with van der Waals surface area (Å²) in [6.07, 6.45) is -4.52. The van der Waals surface area contributed by atoms with Crippen molar-refractivity contribution in [3.05, 3.63) is 59.7 Å². The number of benzene rings is 2. The van der Waals surface area contributed by atoms with Crippen molar-refractivity contribution in [3.8, 4) is 11.1 Å². The van der Waals surface area contributed by atoms with Gasteiger partial charge in [-0.15, -0.1) is 0 Å². The van der Waals surface area contributed by atoms with E-state index < -0.39 is 17.6 Å². The average Bonchev–Trinajstić information content (AvgIpc) is 2.46. The summed E-state index contributed by atoms with van der Waals surface area (Å²) < 4.78 is 39.4. The SMILES string of the molecule is CNC(=O)c1ccc(-c2ccccc2)c(C(F)(F)F)c1. The zero-order chi connectivity index (χ0) is 14.8. The molecule has 0 heterocycles. The molecule has 0 aliphatic rings. The van der Waals surface area contributed by atoms with Gasteiger partial charge in [0.25, 0.3) is 5.91 Å². The van der Waals surface area contributed by atoms with Gasteiger partial charge in [-0.1, -0.05) is 36.4 Å². The van der Waals surface area contributed by atoms with Gasteiger partial charge >= 0.3 is 6.18 Å². The molecular weight excluding hydrogens is 267 g/mol. The molecule has 0 unspecified atom stereocenters. The van der Waals surface area contributed by atoms with E-state index in [1.165, 1.54) is 19.2 Å². The molecule has 1 amide bonds. The monoisotopic (exact) mass is 279 g/mol. The molecule has 0 aliphatic carbocycles. The number of carbonyl (C=O) groups excluding carboxylic acids is 1. The van der Waals surface area contributed by atoms with Crippen molar-refractivity contribution >= 4 is 5.91 Å². The Labute approximate surface area is 114 Å². The molecule has 2 nitrogen and oxygen atoms in total. The first-order valence-electron chi connectivity index (χ1n) is 5.92. The van der Waals surface area contributed by atoms with Gasteiger partial charge in [0.1, 0.15) is 0 Å². The van der Waals surface area contributed by atoms with Crippen molar-refractivity contribution in [2.45, 2.75) is 6.18 Å². The predicted molar refractivity (Wildman–Crippen MR) is 70.3 cm³/mol. The maximum atomic E-state index is 13.1. The highest BCUT2D eigenvalue weighted by molar-refractivity contribution is 5.95. The smallest absolute Gasteiger partial charge is 0.355 e. The first-order valence-corrected chi connectivity index (χ1v) is 5.92. The highest BCUT2D eigenvalue weighted by Crippen LogP contribution is 2.37. The van der Waals surface area contributed by atoms with Gasteiger partial charge in [-0.3, -0.25) is 4.79 Å². The van der Waals surface area contributed by atoms with Crippen LogP contribution in [0, 0.1) is 0 Å². The van der Waals surface area contributed by atoms with Crippen LogP contribution in [0.2, 0.25) is 0 Å². The lowest BCUT2D eigenvalue weighted by Gasteiger charge is -2.14. The van der Waals surface area contributed by atoms with Gasteiger partial charge in [0, 0.05) is 12.6 Å². The lowest BCUT2D eigenvalue weighted by Crippen LogP contribution is -2.19. The van der Waals surface area contributed by atoms with Gasteiger partial charge in [0.15, 0.2) is 0 Å². The van der Waals surface area contributed by atoms with Crippen LogP contribution in [-0.2, 0) is 6.18 Å². The summed E-state index contributed by atoms with van der Waals surface area (Å²) in [5.74, 6) is -0.546. The summed E-state index contributed by atoms with van der Waals surface area (Å²) >= 11 is 0. The standard InChI is InChI=1S/C15H12F3NO/c1-19-14(20)11-7-8-12(10-5-3-2-4-6-10)13(9-11)15(16,17)18/h2-9H,1H3,(H,19,20). The molecule has 5 heteroatoms. The Hall–Kier alpha value is -2.30. The third kappa shape index (κ3) is 2.82. The second-order valence-corrected chi connectivity index (χ2v) is 4.20. The number of nitrogens with one attached hydrogen (secondary N) is 1. The number of halogens is 3. The molecule has 0 fully saturated rings. The van der Waals surface area contributed by atoms with E-state index in [0.717, 1.165) is 6.07 Å². The van der Waals surface area contributed by atoms with Gasteiger partial charge in [-0.25, -0.2) is 0 Å². The molecule has 0 atom stereocenters. The van der Waals surface area contributed by atoms with E-state index >= 15 is 0 Å². The number of carbonyl (C=O) groups is 1. The molecule has 0 saturated heterocycles. The van der Waals surface area contributed by atoms with Crippen molar-refractivity contribution in [1.82, 2.24) is 5.32 Å². The maximum absolute atomic E-state index is 13.1. The van der Waals surface area contributed by atoms with Crippen LogP contribution in [0.4, 0.5) is 13.2 Å². The Morgan fingerprint density at radius 2 is 1.70 bits per heavy atom. The minimum absolute atomic E-state index is 0.0143. The second kappa shape index (κ2) is 5.36. The zero-order valence-electron chi connectivity index (χ0n) is 10.7. The molecule has 20 heavy (non-hydrogen) atoms. The summed E-state index contributed by atoms with van der Waals surface area (Å²) in [6.45, 7) is 0. The molecular formula is C15H12F3NO. The van der Waals surface area contributed by atoms with E-state index in [9.17, 15) is 18.0 Å². The molecule has 2 rings (SSSR count). The third-order valence-corrected chi connectivity index (χ3v) is 2.90. The molecule has 0 aromatic heterocycles. The van der Waals surface area contributed by atoms with Gasteiger partial charge in [0.05, 0.1) is 5.56 Å². The lowest BCUT2D eigenvalue weighted by atomic mass is 9.97. The molecule has 0 bridgehead atoms. The minimum atomic E-state index is -4.52. The molecule has 0 aliphatic heterocycles. The summed E-state index contributed by atoms with van der Waals surface area (Å²) in [5, 5.41) is 2.31. The zero-order valence-corrected chi connectivity index (χ0v) is 10.7. The van der Waals surface area contributed by atoms with Gasteiger partial charge in [0.2, 0.25) is 0 Å². The van der Waals surface area contributed by atoms with Crippen molar-refractivity contribution < 1.29 is 18.0 Å².